The Morgan fingerprint density at radius 1 is 1.28 bits per heavy atom. The molecule has 2 aliphatic rings. The van der Waals surface area contributed by atoms with Crippen molar-refractivity contribution >= 4 is 49.9 Å². The molecule has 0 bridgehead atoms. The molecule has 1 atom stereocenters. The monoisotopic (exact) mass is 436 g/mol. The number of hydrogen-bond donors (Lipinski definition) is 1. The summed E-state index contributed by atoms with van der Waals surface area (Å²) in [5, 5.41) is 9.94. The first-order valence-corrected chi connectivity index (χ1v) is 11.6. The molecule has 8 nitrogen and oxygen atoms in total. The van der Waals surface area contributed by atoms with Crippen LogP contribution in [-0.4, -0.2) is 59.6 Å². The highest BCUT2D eigenvalue weighted by Gasteiger charge is 2.37. The van der Waals surface area contributed by atoms with Gasteiger partial charge in [-0.05, 0) is 30.0 Å². The summed E-state index contributed by atoms with van der Waals surface area (Å²) >= 11 is 6.06. The molecule has 0 saturated carbocycles. The van der Waals surface area contributed by atoms with E-state index in [1.165, 1.54) is 5.01 Å². The maximum atomic E-state index is 12.5. The molecule has 2 aromatic rings. The minimum absolute atomic E-state index is 0.0489. The summed E-state index contributed by atoms with van der Waals surface area (Å²) in [6.07, 6.45) is 2.70. The lowest BCUT2D eigenvalue weighted by Gasteiger charge is -2.27. The first-order chi connectivity index (χ1) is 13.8. The maximum absolute atomic E-state index is 12.5. The van der Waals surface area contributed by atoms with E-state index >= 15 is 0 Å². The van der Waals surface area contributed by atoms with E-state index < -0.39 is 15.9 Å². The van der Waals surface area contributed by atoms with Gasteiger partial charge in [-0.15, -0.1) is 0 Å². The molecule has 154 valence electrons. The molecule has 1 aromatic carbocycles. The second kappa shape index (κ2) is 7.79. The van der Waals surface area contributed by atoms with Gasteiger partial charge in [0.25, 0.3) is 5.91 Å². The van der Waals surface area contributed by atoms with Crippen LogP contribution in [0.25, 0.3) is 10.9 Å². The fraction of sp³-hybridized carbons (Fsp3) is 0.421. The molecule has 1 aromatic heterocycles. The van der Waals surface area contributed by atoms with Crippen molar-refractivity contribution in [2.45, 2.75) is 31.8 Å². The number of nitrogens with zero attached hydrogens (tertiary/aromatic N) is 3. The number of halogens is 1. The number of aromatic nitrogens is 1. The number of amides is 2. The standard InChI is InChI=1S/C19H21ClN4O4S/c20-14-2-1-13-5-8-23(17(13)11-14)9-7-21-19(26)16-3-4-18(25)24(22-16)15-6-10-29(27,28)12-15/h1-2,5,8,11,15H,3-4,6-7,9-10,12H2,(H,21,26)/t15-/m0/s1. The summed E-state index contributed by atoms with van der Waals surface area (Å²) < 4.78 is 25.4. The van der Waals surface area contributed by atoms with Crippen molar-refractivity contribution in [3.8, 4) is 0 Å². The quantitative estimate of drug-likeness (QED) is 0.768. The van der Waals surface area contributed by atoms with Crippen LogP contribution in [0.1, 0.15) is 19.3 Å². The predicted octanol–water partition coefficient (Wildman–Crippen LogP) is 1.58. The van der Waals surface area contributed by atoms with Crippen molar-refractivity contribution < 1.29 is 18.0 Å². The molecular weight excluding hydrogens is 416 g/mol. The number of rotatable bonds is 5. The Hall–Kier alpha value is -2.39. The largest absolute Gasteiger partial charge is 0.349 e. The van der Waals surface area contributed by atoms with E-state index in [-0.39, 0.29) is 41.9 Å². The molecule has 0 aliphatic carbocycles. The van der Waals surface area contributed by atoms with Crippen LogP contribution in [0.3, 0.4) is 0 Å². The molecule has 2 aliphatic heterocycles. The van der Waals surface area contributed by atoms with Crippen LogP contribution in [-0.2, 0) is 26.0 Å². The first-order valence-electron chi connectivity index (χ1n) is 9.45. The third-order valence-electron chi connectivity index (χ3n) is 5.25. The Morgan fingerprint density at radius 2 is 2.10 bits per heavy atom. The highest BCUT2D eigenvalue weighted by molar-refractivity contribution is 7.91. The van der Waals surface area contributed by atoms with Gasteiger partial charge < -0.3 is 9.88 Å². The topological polar surface area (TPSA) is 101 Å². The number of carbonyl (C=O) groups excluding carboxylic acids is 2. The molecule has 0 radical (unpaired) electrons. The third-order valence-corrected chi connectivity index (χ3v) is 7.24. The highest BCUT2D eigenvalue weighted by atomic mass is 35.5. The maximum Gasteiger partial charge on any atom is 0.267 e. The normalized spacial score (nSPS) is 21.4. The number of sulfone groups is 1. The molecule has 1 fully saturated rings. The molecule has 2 amide bonds. The molecule has 10 heteroatoms. The van der Waals surface area contributed by atoms with Gasteiger partial charge in [0.15, 0.2) is 9.84 Å². The van der Waals surface area contributed by atoms with Gasteiger partial charge in [-0.3, -0.25) is 9.59 Å². The third kappa shape index (κ3) is 4.30. The van der Waals surface area contributed by atoms with Crippen LogP contribution >= 0.6 is 11.6 Å². The number of hydrogen-bond acceptors (Lipinski definition) is 5. The average molecular weight is 437 g/mol. The summed E-state index contributed by atoms with van der Waals surface area (Å²) in [5.74, 6) is -0.620. The molecule has 1 N–H and O–H groups in total. The van der Waals surface area contributed by atoms with Crippen LogP contribution in [0.15, 0.2) is 35.6 Å². The Labute approximate surface area is 173 Å². The number of nitrogens with one attached hydrogen (secondary N) is 1. The summed E-state index contributed by atoms with van der Waals surface area (Å²) in [6.45, 7) is 0.951. The minimum Gasteiger partial charge on any atom is -0.349 e. The van der Waals surface area contributed by atoms with E-state index in [0.717, 1.165) is 10.9 Å². The Balaban J connectivity index is 1.39. The van der Waals surface area contributed by atoms with Crippen molar-refractivity contribution in [3.05, 3.63) is 35.5 Å². The smallest absolute Gasteiger partial charge is 0.267 e. The predicted molar refractivity (Wildman–Crippen MR) is 111 cm³/mol. The van der Waals surface area contributed by atoms with Crippen LogP contribution in [0.4, 0.5) is 0 Å². The van der Waals surface area contributed by atoms with Crippen molar-refractivity contribution in [2.24, 2.45) is 5.10 Å². The summed E-state index contributed by atoms with van der Waals surface area (Å²) in [5.41, 5.74) is 1.25. The zero-order chi connectivity index (χ0) is 20.6. The van der Waals surface area contributed by atoms with Gasteiger partial charge in [0.2, 0.25) is 5.91 Å². The van der Waals surface area contributed by atoms with E-state index in [9.17, 15) is 18.0 Å². The van der Waals surface area contributed by atoms with Crippen molar-refractivity contribution in [1.29, 1.82) is 0 Å². The van der Waals surface area contributed by atoms with Gasteiger partial charge in [0.05, 0.1) is 17.5 Å². The summed E-state index contributed by atoms with van der Waals surface area (Å²) in [7, 11) is -3.14. The number of hydrazone groups is 1. The summed E-state index contributed by atoms with van der Waals surface area (Å²) in [4.78, 5) is 24.7. The Bertz CT molecular complexity index is 1110. The molecule has 0 unspecified atom stereocenters. The van der Waals surface area contributed by atoms with Crippen LogP contribution in [0.5, 0.6) is 0 Å². The second-order valence-corrected chi connectivity index (χ2v) is 9.98. The van der Waals surface area contributed by atoms with Crippen LogP contribution in [0.2, 0.25) is 5.02 Å². The average Bonchev–Trinajstić information content (AvgIpc) is 3.24. The Kier molecular flexibility index (Phi) is 5.35. The molecule has 4 rings (SSSR count). The van der Waals surface area contributed by atoms with E-state index in [1.54, 1.807) is 0 Å². The molecule has 0 spiro atoms. The summed E-state index contributed by atoms with van der Waals surface area (Å²) in [6, 6.07) is 7.16. The Morgan fingerprint density at radius 3 is 2.86 bits per heavy atom. The number of fused-ring (bicyclic) bond motifs is 1. The van der Waals surface area contributed by atoms with Crippen molar-refractivity contribution in [3.63, 3.8) is 0 Å². The lowest BCUT2D eigenvalue weighted by Crippen LogP contribution is -2.44. The number of benzene rings is 1. The highest BCUT2D eigenvalue weighted by Crippen LogP contribution is 2.22. The van der Waals surface area contributed by atoms with Gasteiger partial charge in [-0.1, -0.05) is 17.7 Å². The first kappa shape index (κ1) is 19.9. The van der Waals surface area contributed by atoms with Crippen molar-refractivity contribution in [2.75, 3.05) is 18.1 Å². The van der Waals surface area contributed by atoms with Crippen LogP contribution in [0, 0.1) is 0 Å². The van der Waals surface area contributed by atoms with E-state index in [1.807, 2.05) is 35.0 Å². The fourth-order valence-corrected chi connectivity index (χ4v) is 5.59. The van der Waals surface area contributed by atoms with Gasteiger partial charge in [-0.25, -0.2) is 13.4 Å². The zero-order valence-corrected chi connectivity index (χ0v) is 17.2. The van der Waals surface area contributed by atoms with Crippen LogP contribution < -0.4 is 5.32 Å². The van der Waals surface area contributed by atoms with E-state index in [4.69, 9.17) is 11.6 Å². The molecule has 29 heavy (non-hydrogen) atoms. The van der Waals surface area contributed by atoms with Gasteiger partial charge in [-0.2, -0.15) is 5.10 Å². The lowest BCUT2D eigenvalue weighted by atomic mass is 10.1. The SMILES string of the molecule is O=C(NCCn1ccc2ccc(Cl)cc21)C1=NN([C@H]2CCS(=O)(=O)C2)C(=O)CC1. The van der Waals surface area contributed by atoms with Crippen molar-refractivity contribution in [1.82, 2.24) is 14.9 Å². The molecular formula is C19H21ClN4O4S. The van der Waals surface area contributed by atoms with E-state index in [0.29, 0.717) is 24.5 Å². The second-order valence-electron chi connectivity index (χ2n) is 7.31. The van der Waals surface area contributed by atoms with Gasteiger partial charge >= 0.3 is 0 Å². The molecule has 1 saturated heterocycles. The van der Waals surface area contributed by atoms with E-state index in [2.05, 4.69) is 10.4 Å². The minimum atomic E-state index is -3.14. The van der Waals surface area contributed by atoms with Gasteiger partial charge in [0.1, 0.15) is 5.71 Å². The zero-order valence-electron chi connectivity index (χ0n) is 15.7. The number of carbonyl (C=O) groups is 2. The lowest BCUT2D eigenvalue weighted by molar-refractivity contribution is -0.133. The molecule has 3 heterocycles. The fourth-order valence-electron chi connectivity index (χ4n) is 3.73. The van der Waals surface area contributed by atoms with Gasteiger partial charge in [0, 0.05) is 42.7 Å².